The molecule has 1 heterocycles. The zero-order valence-electron chi connectivity index (χ0n) is 12.3. The third-order valence-electron chi connectivity index (χ3n) is 4.11. The highest BCUT2D eigenvalue weighted by atomic mass is 16.2. The van der Waals surface area contributed by atoms with E-state index in [1.54, 1.807) is 0 Å². The van der Waals surface area contributed by atoms with Gasteiger partial charge in [0.05, 0.1) is 6.54 Å². The summed E-state index contributed by atoms with van der Waals surface area (Å²) >= 11 is 0. The molecule has 0 aromatic heterocycles. The van der Waals surface area contributed by atoms with Crippen LogP contribution >= 0.6 is 0 Å². The molecule has 1 amide bonds. The van der Waals surface area contributed by atoms with Crippen LogP contribution in [-0.4, -0.2) is 47.9 Å². The van der Waals surface area contributed by atoms with Crippen LogP contribution in [0.1, 0.15) is 39.5 Å². The van der Waals surface area contributed by atoms with E-state index in [2.05, 4.69) is 24.8 Å². The second-order valence-electron chi connectivity index (χ2n) is 6.02. The second kappa shape index (κ2) is 6.53. The molecule has 2 unspecified atom stereocenters. The van der Waals surface area contributed by atoms with Crippen LogP contribution in [0.2, 0.25) is 0 Å². The SMILES string of the molecule is CCN(C(=O)CN1CC(C)CC(N)C1)C1=CCCC1. The molecule has 0 spiro atoms. The quantitative estimate of drug-likeness (QED) is 0.839. The summed E-state index contributed by atoms with van der Waals surface area (Å²) in [6.07, 6.45) is 6.64. The van der Waals surface area contributed by atoms with Crippen molar-refractivity contribution in [3.05, 3.63) is 11.8 Å². The average molecular weight is 265 g/mol. The predicted octanol–water partition coefficient (Wildman–Crippen LogP) is 1.57. The van der Waals surface area contributed by atoms with Gasteiger partial charge in [0.2, 0.25) is 5.91 Å². The van der Waals surface area contributed by atoms with Gasteiger partial charge in [-0.15, -0.1) is 0 Å². The molecule has 1 aliphatic heterocycles. The normalized spacial score (nSPS) is 28.3. The fourth-order valence-electron chi connectivity index (χ4n) is 3.36. The molecule has 2 rings (SSSR count). The van der Waals surface area contributed by atoms with Gasteiger partial charge in [-0.3, -0.25) is 9.69 Å². The highest BCUT2D eigenvalue weighted by molar-refractivity contribution is 5.80. The molecular formula is C15H27N3O. The summed E-state index contributed by atoms with van der Waals surface area (Å²) in [6.45, 7) is 7.42. The molecule has 0 aromatic rings. The highest BCUT2D eigenvalue weighted by Gasteiger charge is 2.26. The minimum Gasteiger partial charge on any atom is -0.327 e. The minimum atomic E-state index is 0.220. The number of piperidine rings is 1. The number of nitrogens with two attached hydrogens (primary N) is 1. The third-order valence-corrected chi connectivity index (χ3v) is 4.11. The zero-order valence-corrected chi connectivity index (χ0v) is 12.3. The lowest BCUT2D eigenvalue weighted by molar-refractivity contribution is -0.130. The molecule has 4 nitrogen and oxygen atoms in total. The maximum atomic E-state index is 12.4. The fraction of sp³-hybridized carbons (Fsp3) is 0.800. The Hall–Kier alpha value is -0.870. The first-order chi connectivity index (χ1) is 9.10. The molecule has 108 valence electrons. The van der Waals surface area contributed by atoms with Crippen LogP contribution in [0.25, 0.3) is 0 Å². The monoisotopic (exact) mass is 265 g/mol. The molecule has 0 bridgehead atoms. The Morgan fingerprint density at radius 3 is 2.89 bits per heavy atom. The molecule has 0 radical (unpaired) electrons. The van der Waals surface area contributed by atoms with Crippen molar-refractivity contribution < 1.29 is 4.79 Å². The Labute approximate surface area is 116 Å². The number of amides is 1. The smallest absolute Gasteiger partial charge is 0.240 e. The molecule has 2 atom stereocenters. The van der Waals surface area contributed by atoms with Crippen molar-refractivity contribution in [1.82, 2.24) is 9.80 Å². The van der Waals surface area contributed by atoms with Crippen molar-refractivity contribution in [3.8, 4) is 0 Å². The topological polar surface area (TPSA) is 49.6 Å². The van der Waals surface area contributed by atoms with E-state index in [9.17, 15) is 4.79 Å². The fourth-order valence-corrected chi connectivity index (χ4v) is 3.36. The van der Waals surface area contributed by atoms with Crippen LogP contribution in [0, 0.1) is 5.92 Å². The van der Waals surface area contributed by atoms with Gasteiger partial charge in [0.15, 0.2) is 0 Å². The zero-order chi connectivity index (χ0) is 13.8. The molecule has 2 N–H and O–H groups in total. The summed E-state index contributed by atoms with van der Waals surface area (Å²) in [5, 5.41) is 0. The number of carbonyl (C=O) groups is 1. The summed E-state index contributed by atoms with van der Waals surface area (Å²) in [4.78, 5) is 16.6. The van der Waals surface area contributed by atoms with E-state index in [1.807, 2.05) is 4.90 Å². The maximum Gasteiger partial charge on any atom is 0.240 e. The van der Waals surface area contributed by atoms with Crippen molar-refractivity contribution >= 4 is 5.91 Å². The van der Waals surface area contributed by atoms with E-state index in [4.69, 9.17) is 5.73 Å². The molecule has 2 aliphatic rings. The second-order valence-corrected chi connectivity index (χ2v) is 6.02. The Kier molecular flexibility index (Phi) is 4.99. The molecule has 0 saturated carbocycles. The number of carbonyl (C=O) groups excluding carboxylic acids is 1. The number of likely N-dealkylation sites (tertiary alicyclic amines) is 1. The predicted molar refractivity (Wildman–Crippen MR) is 77.5 cm³/mol. The Morgan fingerprint density at radius 1 is 1.53 bits per heavy atom. The van der Waals surface area contributed by atoms with Crippen LogP contribution < -0.4 is 5.73 Å². The first-order valence-electron chi connectivity index (χ1n) is 7.57. The van der Waals surface area contributed by atoms with Gasteiger partial charge in [0.1, 0.15) is 0 Å². The van der Waals surface area contributed by atoms with E-state index in [0.29, 0.717) is 12.5 Å². The van der Waals surface area contributed by atoms with Crippen LogP contribution in [-0.2, 0) is 4.79 Å². The number of likely N-dealkylation sites (N-methyl/N-ethyl adjacent to an activating group) is 1. The van der Waals surface area contributed by atoms with Crippen LogP contribution in [0.3, 0.4) is 0 Å². The largest absolute Gasteiger partial charge is 0.327 e. The minimum absolute atomic E-state index is 0.220. The number of allylic oxidation sites excluding steroid dienone is 2. The average Bonchev–Trinajstić information content (AvgIpc) is 2.82. The summed E-state index contributed by atoms with van der Waals surface area (Å²) in [5.41, 5.74) is 7.27. The molecule has 1 fully saturated rings. The van der Waals surface area contributed by atoms with Gasteiger partial charge in [0, 0.05) is 31.4 Å². The van der Waals surface area contributed by atoms with Crippen LogP contribution in [0.15, 0.2) is 11.8 Å². The van der Waals surface area contributed by atoms with Crippen molar-refractivity contribution in [1.29, 1.82) is 0 Å². The van der Waals surface area contributed by atoms with Crippen molar-refractivity contribution in [2.45, 2.75) is 45.6 Å². The van der Waals surface area contributed by atoms with Crippen LogP contribution in [0.4, 0.5) is 0 Å². The number of hydrogen-bond donors (Lipinski definition) is 1. The first-order valence-corrected chi connectivity index (χ1v) is 7.57. The van der Waals surface area contributed by atoms with Crippen molar-refractivity contribution in [2.75, 3.05) is 26.2 Å². The summed E-state index contributed by atoms with van der Waals surface area (Å²) in [5.74, 6) is 0.828. The van der Waals surface area contributed by atoms with E-state index in [0.717, 1.165) is 38.9 Å². The third kappa shape index (κ3) is 3.80. The standard InChI is InChI=1S/C15H27N3O/c1-3-18(14-6-4-5-7-14)15(19)11-17-9-12(2)8-13(16)10-17/h6,12-13H,3-5,7-11,16H2,1-2H3. The van der Waals surface area contributed by atoms with E-state index >= 15 is 0 Å². The molecule has 0 aromatic carbocycles. The van der Waals surface area contributed by atoms with E-state index < -0.39 is 0 Å². The summed E-state index contributed by atoms with van der Waals surface area (Å²) < 4.78 is 0. The number of rotatable bonds is 4. The maximum absolute atomic E-state index is 12.4. The lowest BCUT2D eigenvalue weighted by atomic mass is 9.96. The molecular weight excluding hydrogens is 238 g/mol. The summed E-state index contributed by atoms with van der Waals surface area (Å²) in [6, 6.07) is 0.220. The lowest BCUT2D eigenvalue weighted by Crippen LogP contribution is -2.50. The Bertz CT molecular complexity index is 343. The van der Waals surface area contributed by atoms with Crippen molar-refractivity contribution in [3.63, 3.8) is 0 Å². The molecule has 19 heavy (non-hydrogen) atoms. The molecule has 4 heteroatoms. The Balaban J connectivity index is 1.91. The van der Waals surface area contributed by atoms with Crippen molar-refractivity contribution in [2.24, 2.45) is 11.7 Å². The van der Waals surface area contributed by atoms with Gasteiger partial charge >= 0.3 is 0 Å². The van der Waals surface area contributed by atoms with Crippen LogP contribution in [0.5, 0.6) is 0 Å². The highest BCUT2D eigenvalue weighted by Crippen LogP contribution is 2.22. The number of nitrogens with zero attached hydrogens (tertiary/aromatic N) is 2. The van der Waals surface area contributed by atoms with Gasteiger partial charge in [-0.25, -0.2) is 0 Å². The Morgan fingerprint density at radius 2 is 2.32 bits per heavy atom. The van der Waals surface area contributed by atoms with Gasteiger partial charge in [0.25, 0.3) is 0 Å². The van der Waals surface area contributed by atoms with E-state index in [-0.39, 0.29) is 11.9 Å². The molecule has 1 saturated heterocycles. The van der Waals surface area contributed by atoms with Gasteiger partial charge < -0.3 is 10.6 Å². The van der Waals surface area contributed by atoms with Gasteiger partial charge in [-0.2, -0.15) is 0 Å². The summed E-state index contributed by atoms with van der Waals surface area (Å²) in [7, 11) is 0. The lowest BCUT2D eigenvalue weighted by Gasteiger charge is -2.35. The van der Waals surface area contributed by atoms with E-state index in [1.165, 1.54) is 12.1 Å². The molecule has 1 aliphatic carbocycles. The van der Waals surface area contributed by atoms with Gasteiger partial charge in [-0.1, -0.05) is 13.0 Å². The van der Waals surface area contributed by atoms with Gasteiger partial charge in [-0.05, 0) is 38.5 Å². The first kappa shape index (κ1) is 14.5. The number of hydrogen-bond acceptors (Lipinski definition) is 3.